The molecule has 0 aliphatic carbocycles. The number of anilines is 1. The zero-order valence-corrected chi connectivity index (χ0v) is 10.8. The standard InChI is InChI=1S/C11H11ClN4S/c1-7-3-2-4-14-8(7)6-17-11-15-9(12)5-10(13)16-11/h2-5H,6H2,1H3,(H2,13,15,16). The third-order valence-electron chi connectivity index (χ3n) is 2.15. The number of aryl methyl sites for hydroxylation is 1. The summed E-state index contributed by atoms with van der Waals surface area (Å²) in [5.41, 5.74) is 7.76. The topological polar surface area (TPSA) is 64.7 Å². The highest BCUT2D eigenvalue weighted by molar-refractivity contribution is 7.98. The molecule has 0 spiro atoms. The summed E-state index contributed by atoms with van der Waals surface area (Å²) in [6.07, 6.45) is 1.77. The van der Waals surface area contributed by atoms with Gasteiger partial charge in [-0.05, 0) is 18.6 Å². The molecule has 0 amide bonds. The van der Waals surface area contributed by atoms with Crippen LogP contribution in [0.15, 0.2) is 29.6 Å². The lowest BCUT2D eigenvalue weighted by Crippen LogP contribution is -1.96. The molecule has 88 valence electrons. The minimum absolute atomic E-state index is 0.359. The third kappa shape index (κ3) is 3.31. The summed E-state index contributed by atoms with van der Waals surface area (Å²) in [6, 6.07) is 5.46. The van der Waals surface area contributed by atoms with Crippen molar-refractivity contribution in [2.75, 3.05) is 5.73 Å². The van der Waals surface area contributed by atoms with E-state index in [1.165, 1.54) is 17.8 Å². The number of rotatable bonds is 3. The van der Waals surface area contributed by atoms with E-state index in [1.807, 2.05) is 19.1 Å². The van der Waals surface area contributed by atoms with Crippen LogP contribution in [0.4, 0.5) is 5.82 Å². The minimum atomic E-state index is 0.359. The molecule has 2 aromatic heterocycles. The van der Waals surface area contributed by atoms with Gasteiger partial charge in [0.15, 0.2) is 5.16 Å². The van der Waals surface area contributed by atoms with Crippen molar-refractivity contribution in [3.8, 4) is 0 Å². The highest BCUT2D eigenvalue weighted by Crippen LogP contribution is 2.22. The second-order valence-electron chi connectivity index (χ2n) is 3.45. The van der Waals surface area contributed by atoms with Gasteiger partial charge in [-0.15, -0.1) is 0 Å². The normalized spacial score (nSPS) is 10.5. The molecule has 2 rings (SSSR count). The summed E-state index contributed by atoms with van der Waals surface area (Å²) >= 11 is 7.27. The first-order valence-corrected chi connectivity index (χ1v) is 6.35. The first kappa shape index (κ1) is 12.1. The molecular weight excluding hydrogens is 256 g/mol. The maximum atomic E-state index is 5.80. The molecule has 0 saturated carbocycles. The first-order chi connectivity index (χ1) is 8.15. The first-order valence-electron chi connectivity index (χ1n) is 4.98. The Bertz CT molecular complexity index is 512. The lowest BCUT2D eigenvalue weighted by Gasteiger charge is -2.04. The zero-order chi connectivity index (χ0) is 12.3. The Morgan fingerprint density at radius 1 is 1.41 bits per heavy atom. The van der Waals surface area contributed by atoms with Gasteiger partial charge in [0.25, 0.3) is 0 Å². The molecule has 0 aromatic carbocycles. The Kier molecular flexibility index (Phi) is 3.81. The Hall–Kier alpha value is -1.33. The van der Waals surface area contributed by atoms with Gasteiger partial charge in [0.1, 0.15) is 11.0 Å². The Labute approximate surface area is 109 Å². The number of nitrogens with two attached hydrogens (primary N) is 1. The van der Waals surface area contributed by atoms with E-state index in [0.717, 1.165) is 11.3 Å². The number of hydrogen-bond acceptors (Lipinski definition) is 5. The number of aromatic nitrogens is 3. The molecule has 0 atom stereocenters. The second-order valence-corrected chi connectivity index (χ2v) is 4.78. The van der Waals surface area contributed by atoms with Crippen molar-refractivity contribution in [3.05, 3.63) is 40.8 Å². The van der Waals surface area contributed by atoms with Crippen LogP contribution in [0.3, 0.4) is 0 Å². The van der Waals surface area contributed by atoms with Crippen LogP contribution in [0.25, 0.3) is 0 Å². The van der Waals surface area contributed by atoms with Crippen LogP contribution in [0, 0.1) is 6.92 Å². The number of hydrogen-bond donors (Lipinski definition) is 1. The van der Waals surface area contributed by atoms with E-state index in [4.69, 9.17) is 17.3 Å². The van der Waals surface area contributed by atoms with Crippen molar-refractivity contribution in [2.24, 2.45) is 0 Å². The predicted octanol–water partition coefficient (Wildman–Crippen LogP) is 2.71. The number of halogens is 1. The minimum Gasteiger partial charge on any atom is -0.384 e. The fourth-order valence-corrected chi connectivity index (χ4v) is 2.42. The van der Waals surface area contributed by atoms with Crippen molar-refractivity contribution < 1.29 is 0 Å². The monoisotopic (exact) mass is 266 g/mol. The molecule has 0 bridgehead atoms. The van der Waals surface area contributed by atoms with Crippen LogP contribution in [0.2, 0.25) is 5.15 Å². The van der Waals surface area contributed by atoms with Gasteiger partial charge < -0.3 is 5.73 Å². The van der Waals surface area contributed by atoms with Crippen molar-refractivity contribution in [1.82, 2.24) is 15.0 Å². The van der Waals surface area contributed by atoms with Gasteiger partial charge in [0, 0.05) is 18.0 Å². The van der Waals surface area contributed by atoms with E-state index >= 15 is 0 Å². The Morgan fingerprint density at radius 2 is 2.24 bits per heavy atom. The van der Waals surface area contributed by atoms with Crippen molar-refractivity contribution in [1.29, 1.82) is 0 Å². The molecule has 6 heteroatoms. The lowest BCUT2D eigenvalue weighted by molar-refractivity contribution is 0.973. The molecule has 2 N–H and O–H groups in total. The molecule has 0 aliphatic rings. The van der Waals surface area contributed by atoms with Crippen molar-refractivity contribution in [3.63, 3.8) is 0 Å². The summed E-state index contributed by atoms with van der Waals surface area (Å²) in [5.74, 6) is 1.08. The number of nitrogens with zero attached hydrogens (tertiary/aromatic N) is 3. The van der Waals surface area contributed by atoms with Crippen LogP contribution in [-0.2, 0) is 5.75 Å². The van der Waals surface area contributed by atoms with Gasteiger partial charge in [-0.25, -0.2) is 9.97 Å². The van der Waals surface area contributed by atoms with E-state index in [2.05, 4.69) is 15.0 Å². The summed E-state index contributed by atoms with van der Waals surface area (Å²) in [6.45, 7) is 2.02. The smallest absolute Gasteiger partial charge is 0.191 e. The molecule has 2 aromatic rings. The number of pyridine rings is 1. The van der Waals surface area contributed by atoms with Gasteiger partial charge >= 0.3 is 0 Å². The molecule has 0 aliphatic heterocycles. The average Bonchev–Trinajstić information content (AvgIpc) is 2.27. The van der Waals surface area contributed by atoms with Crippen LogP contribution in [0.5, 0.6) is 0 Å². The van der Waals surface area contributed by atoms with Crippen LogP contribution in [0.1, 0.15) is 11.3 Å². The molecule has 0 saturated heterocycles. The maximum absolute atomic E-state index is 5.80. The molecule has 0 unspecified atom stereocenters. The van der Waals surface area contributed by atoms with E-state index in [0.29, 0.717) is 21.9 Å². The van der Waals surface area contributed by atoms with E-state index in [9.17, 15) is 0 Å². The van der Waals surface area contributed by atoms with E-state index in [-0.39, 0.29) is 0 Å². The van der Waals surface area contributed by atoms with Crippen LogP contribution in [-0.4, -0.2) is 15.0 Å². The quantitative estimate of drug-likeness (QED) is 0.526. The number of thioether (sulfide) groups is 1. The van der Waals surface area contributed by atoms with Gasteiger partial charge in [-0.1, -0.05) is 29.4 Å². The Morgan fingerprint density at radius 3 is 2.94 bits per heavy atom. The number of nitrogen functional groups attached to an aromatic ring is 1. The maximum Gasteiger partial charge on any atom is 0.191 e. The zero-order valence-electron chi connectivity index (χ0n) is 9.22. The van der Waals surface area contributed by atoms with Crippen molar-refractivity contribution >= 4 is 29.2 Å². The second kappa shape index (κ2) is 5.33. The largest absolute Gasteiger partial charge is 0.384 e. The van der Waals surface area contributed by atoms with Gasteiger partial charge in [0.05, 0.1) is 5.69 Å². The molecule has 0 radical (unpaired) electrons. The molecule has 0 fully saturated rings. The Balaban J connectivity index is 2.10. The molecular formula is C11H11ClN4S. The van der Waals surface area contributed by atoms with Crippen LogP contribution < -0.4 is 5.73 Å². The fourth-order valence-electron chi connectivity index (χ4n) is 1.28. The van der Waals surface area contributed by atoms with E-state index in [1.54, 1.807) is 6.20 Å². The lowest BCUT2D eigenvalue weighted by atomic mass is 10.2. The van der Waals surface area contributed by atoms with Crippen LogP contribution >= 0.6 is 23.4 Å². The van der Waals surface area contributed by atoms with E-state index < -0.39 is 0 Å². The summed E-state index contributed by atoms with van der Waals surface area (Å²) in [5, 5.41) is 0.929. The van der Waals surface area contributed by atoms with Gasteiger partial charge in [-0.3, -0.25) is 4.98 Å². The summed E-state index contributed by atoms with van der Waals surface area (Å²) in [7, 11) is 0. The average molecular weight is 267 g/mol. The molecule has 4 nitrogen and oxygen atoms in total. The highest BCUT2D eigenvalue weighted by Gasteiger charge is 2.04. The fraction of sp³-hybridized carbons (Fsp3) is 0.182. The SMILES string of the molecule is Cc1cccnc1CSc1nc(N)cc(Cl)n1. The highest BCUT2D eigenvalue weighted by atomic mass is 35.5. The summed E-state index contributed by atoms with van der Waals surface area (Å²) < 4.78 is 0. The van der Waals surface area contributed by atoms with Crippen molar-refractivity contribution in [2.45, 2.75) is 17.8 Å². The van der Waals surface area contributed by atoms with Gasteiger partial charge in [-0.2, -0.15) is 0 Å². The third-order valence-corrected chi connectivity index (χ3v) is 3.20. The summed E-state index contributed by atoms with van der Waals surface area (Å²) in [4.78, 5) is 12.5. The molecule has 17 heavy (non-hydrogen) atoms. The van der Waals surface area contributed by atoms with Gasteiger partial charge in [0.2, 0.25) is 0 Å². The molecule has 2 heterocycles. The predicted molar refractivity (Wildman–Crippen MR) is 70.0 cm³/mol.